The third-order valence-corrected chi connectivity index (χ3v) is 3.03. The van der Waals surface area contributed by atoms with Gasteiger partial charge in [-0.05, 0) is 19.1 Å². The molecule has 72 valence electrons. The molecule has 0 spiro atoms. The zero-order valence-corrected chi connectivity index (χ0v) is 9.19. The quantitative estimate of drug-likeness (QED) is 0.755. The number of thiazole rings is 1. The molecule has 0 aliphatic heterocycles. The Morgan fingerprint density at radius 2 is 2.21 bits per heavy atom. The van der Waals surface area contributed by atoms with E-state index < -0.39 is 0 Å². The summed E-state index contributed by atoms with van der Waals surface area (Å²) in [6.45, 7) is 1.98. The van der Waals surface area contributed by atoms with E-state index in [1.54, 1.807) is 17.4 Å². The highest BCUT2D eigenvalue weighted by atomic mass is 35.5. The topological polar surface area (TPSA) is 38.9 Å². The number of rotatable bonds is 1. The lowest BCUT2D eigenvalue weighted by molar-refractivity contribution is 1.30. The molecule has 0 saturated carbocycles. The zero-order valence-electron chi connectivity index (χ0n) is 7.62. The van der Waals surface area contributed by atoms with Crippen molar-refractivity contribution in [2.75, 3.05) is 5.73 Å². The van der Waals surface area contributed by atoms with Crippen molar-refractivity contribution in [3.05, 3.63) is 33.6 Å². The molecule has 1 aromatic heterocycles. The van der Waals surface area contributed by atoms with Crippen LogP contribution in [0.25, 0.3) is 11.3 Å². The number of nitrogens with two attached hydrogens (primary N) is 1. The molecule has 0 fully saturated rings. The van der Waals surface area contributed by atoms with Gasteiger partial charge in [0.05, 0.1) is 21.4 Å². The maximum atomic E-state index is 5.83. The van der Waals surface area contributed by atoms with E-state index in [0.717, 1.165) is 16.3 Å². The van der Waals surface area contributed by atoms with Gasteiger partial charge in [0, 0.05) is 10.9 Å². The third kappa shape index (κ3) is 1.74. The first-order valence-corrected chi connectivity index (χ1v) is 5.40. The van der Waals surface area contributed by atoms with Crippen molar-refractivity contribution >= 4 is 28.6 Å². The third-order valence-electron chi connectivity index (χ3n) is 1.91. The van der Waals surface area contributed by atoms with Crippen molar-refractivity contribution < 1.29 is 0 Å². The van der Waals surface area contributed by atoms with Crippen LogP contribution in [0.5, 0.6) is 0 Å². The predicted molar refractivity (Wildman–Crippen MR) is 61.7 cm³/mol. The van der Waals surface area contributed by atoms with Gasteiger partial charge in [-0.2, -0.15) is 0 Å². The second-order valence-corrected chi connectivity index (χ2v) is 4.46. The largest absolute Gasteiger partial charge is 0.398 e. The van der Waals surface area contributed by atoms with Crippen molar-refractivity contribution in [2.24, 2.45) is 0 Å². The minimum atomic E-state index is 0.584. The minimum Gasteiger partial charge on any atom is -0.398 e. The maximum absolute atomic E-state index is 5.83. The first kappa shape index (κ1) is 9.49. The van der Waals surface area contributed by atoms with Crippen LogP contribution < -0.4 is 5.73 Å². The number of aromatic nitrogens is 1. The Balaban J connectivity index is 2.47. The average molecular weight is 225 g/mol. The normalized spacial score (nSPS) is 10.4. The number of anilines is 1. The van der Waals surface area contributed by atoms with E-state index in [1.807, 2.05) is 24.4 Å². The second-order valence-electron chi connectivity index (χ2n) is 2.99. The first-order chi connectivity index (χ1) is 6.66. The summed E-state index contributed by atoms with van der Waals surface area (Å²) in [6, 6.07) is 5.56. The van der Waals surface area contributed by atoms with Crippen LogP contribution >= 0.6 is 22.9 Å². The molecule has 0 bridgehead atoms. The molecule has 1 heterocycles. The molecule has 1 aromatic carbocycles. The van der Waals surface area contributed by atoms with Gasteiger partial charge in [0.1, 0.15) is 0 Å². The lowest BCUT2D eigenvalue weighted by Gasteiger charge is -2.00. The molecule has 14 heavy (non-hydrogen) atoms. The van der Waals surface area contributed by atoms with Gasteiger partial charge in [0.2, 0.25) is 0 Å². The highest BCUT2D eigenvalue weighted by molar-refractivity contribution is 7.09. The number of benzene rings is 1. The molecule has 2 nitrogen and oxygen atoms in total. The molecular formula is C10H9ClN2S. The van der Waals surface area contributed by atoms with E-state index in [4.69, 9.17) is 17.3 Å². The Hall–Kier alpha value is -1.06. The number of hydrogen-bond acceptors (Lipinski definition) is 3. The predicted octanol–water partition coefficient (Wildman–Crippen LogP) is 3.35. The minimum absolute atomic E-state index is 0.584. The lowest BCUT2D eigenvalue weighted by atomic mass is 10.1. The van der Waals surface area contributed by atoms with Gasteiger partial charge in [-0.3, -0.25) is 0 Å². The highest BCUT2D eigenvalue weighted by Gasteiger charge is 2.03. The van der Waals surface area contributed by atoms with Crippen molar-refractivity contribution in [2.45, 2.75) is 6.92 Å². The number of aryl methyl sites for hydroxylation is 1. The molecule has 4 heteroatoms. The highest BCUT2D eigenvalue weighted by Crippen LogP contribution is 2.27. The summed E-state index contributed by atoms with van der Waals surface area (Å²) >= 11 is 7.45. The van der Waals surface area contributed by atoms with Gasteiger partial charge < -0.3 is 5.73 Å². The van der Waals surface area contributed by atoms with Crippen LogP contribution in [-0.2, 0) is 0 Å². The van der Waals surface area contributed by atoms with E-state index in [0.29, 0.717) is 10.7 Å². The molecule has 0 aliphatic carbocycles. The van der Waals surface area contributed by atoms with E-state index in [1.165, 1.54) is 0 Å². The molecular weight excluding hydrogens is 216 g/mol. The Kier molecular flexibility index (Phi) is 2.44. The summed E-state index contributed by atoms with van der Waals surface area (Å²) in [5, 5.41) is 3.65. The van der Waals surface area contributed by atoms with Crippen molar-refractivity contribution in [1.29, 1.82) is 0 Å². The van der Waals surface area contributed by atoms with E-state index in [9.17, 15) is 0 Å². The van der Waals surface area contributed by atoms with Crippen LogP contribution in [0.2, 0.25) is 5.02 Å². The number of halogens is 1. The van der Waals surface area contributed by atoms with E-state index >= 15 is 0 Å². The van der Waals surface area contributed by atoms with Gasteiger partial charge in [-0.15, -0.1) is 11.3 Å². The van der Waals surface area contributed by atoms with Crippen LogP contribution in [0.3, 0.4) is 0 Å². The Bertz CT molecular complexity index is 465. The van der Waals surface area contributed by atoms with Crippen molar-refractivity contribution in [1.82, 2.24) is 4.98 Å². The molecule has 0 radical (unpaired) electrons. The van der Waals surface area contributed by atoms with Gasteiger partial charge in [-0.1, -0.05) is 17.7 Å². The molecule has 0 unspecified atom stereocenters. The van der Waals surface area contributed by atoms with Crippen LogP contribution in [-0.4, -0.2) is 4.98 Å². The number of nitrogens with zero attached hydrogens (tertiary/aromatic N) is 1. The molecule has 2 rings (SSSR count). The standard InChI is InChI=1S/C10H9ClN2S/c1-6-13-10(5-14-6)7-2-3-8(11)9(12)4-7/h2-5H,12H2,1H3. The summed E-state index contributed by atoms with van der Waals surface area (Å²) in [6.07, 6.45) is 0. The van der Waals surface area contributed by atoms with Crippen molar-refractivity contribution in [3.63, 3.8) is 0 Å². The zero-order chi connectivity index (χ0) is 10.1. The van der Waals surface area contributed by atoms with Gasteiger partial charge in [0.15, 0.2) is 0 Å². The summed E-state index contributed by atoms with van der Waals surface area (Å²) in [5.74, 6) is 0. The fraction of sp³-hybridized carbons (Fsp3) is 0.100. The molecule has 0 aliphatic rings. The molecule has 0 saturated heterocycles. The summed E-state index contributed by atoms with van der Waals surface area (Å²) in [7, 11) is 0. The molecule has 0 atom stereocenters. The summed E-state index contributed by atoms with van der Waals surface area (Å²) < 4.78 is 0. The average Bonchev–Trinajstić information content (AvgIpc) is 2.57. The maximum Gasteiger partial charge on any atom is 0.0901 e. The van der Waals surface area contributed by atoms with Gasteiger partial charge in [-0.25, -0.2) is 4.98 Å². The van der Waals surface area contributed by atoms with Crippen LogP contribution in [0.4, 0.5) is 5.69 Å². The smallest absolute Gasteiger partial charge is 0.0901 e. The Morgan fingerprint density at radius 1 is 1.43 bits per heavy atom. The lowest BCUT2D eigenvalue weighted by Crippen LogP contribution is -1.87. The van der Waals surface area contributed by atoms with Crippen molar-refractivity contribution in [3.8, 4) is 11.3 Å². The molecule has 2 N–H and O–H groups in total. The van der Waals surface area contributed by atoms with E-state index in [-0.39, 0.29) is 0 Å². The SMILES string of the molecule is Cc1nc(-c2ccc(Cl)c(N)c2)cs1. The monoisotopic (exact) mass is 224 g/mol. The summed E-state index contributed by atoms with van der Waals surface area (Å²) in [5.41, 5.74) is 8.27. The Morgan fingerprint density at radius 3 is 2.79 bits per heavy atom. The van der Waals surface area contributed by atoms with Gasteiger partial charge >= 0.3 is 0 Å². The fourth-order valence-corrected chi connectivity index (χ4v) is 1.94. The van der Waals surface area contributed by atoms with Gasteiger partial charge in [0.25, 0.3) is 0 Å². The fourth-order valence-electron chi connectivity index (χ4n) is 1.20. The van der Waals surface area contributed by atoms with Crippen LogP contribution in [0.15, 0.2) is 23.6 Å². The number of nitrogen functional groups attached to an aromatic ring is 1. The molecule has 0 amide bonds. The summed E-state index contributed by atoms with van der Waals surface area (Å²) in [4.78, 5) is 4.37. The van der Waals surface area contributed by atoms with Crippen LogP contribution in [0, 0.1) is 6.92 Å². The molecule has 2 aromatic rings. The Labute approximate surface area is 91.4 Å². The number of hydrogen-bond donors (Lipinski definition) is 1. The van der Waals surface area contributed by atoms with Crippen LogP contribution in [0.1, 0.15) is 5.01 Å². The second kappa shape index (κ2) is 3.59. The van der Waals surface area contributed by atoms with E-state index in [2.05, 4.69) is 4.98 Å². The first-order valence-electron chi connectivity index (χ1n) is 4.14.